The maximum absolute atomic E-state index is 12.3. The van der Waals surface area contributed by atoms with Gasteiger partial charge in [-0.25, -0.2) is 0 Å². The maximum Gasteiger partial charge on any atom is 0.315 e. The number of aromatic nitrogens is 1. The normalized spacial score (nSPS) is 11.0. The third kappa shape index (κ3) is 4.86. The fraction of sp³-hybridized carbons (Fsp3) is 0.278. The summed E-state index contributed by atoms with van der Waals surface area (Å²) in [6.07, 6.45) is 2.89. The highest BCUT2D eigenvalue weighted by Crippen LogP contribution is 2.23. The highest BCUT2D eigenvalue weighted by molar-refractivity contribution is 7.99. The van der Waals surface area contributed by atoms with Crippen molar-refractivity contribution in [2.75, 3.05) is 12.9 Å². The maximum atomic E-state index is 12.3. The van der Waals surface area contributed by atoms with E-state index in [2.05, 4.69) is 4.74 Å². The zero-order valence-electron chi connectivity index (χ0n) is 14.6. The Balaban J connectivity index is 2.07. The number of hydrogen-bond donors (Lipinski definition) is 1. The molecule has 0 amide bonds. The Labute approximate surface area is 159 Å². The number of methoxy groups -OCH3 is 1. The van der Waals surface area contributed by atoms with Crippen LogP contribution in [-0.4, -0.2) is 34.3 Å². The first-order valence-electron chi connectivity index (χ1n) is 7.68. The number of carbonyl (C=O) groups excluding carboxylic acids is 2. The third-order valence-corrected chi connectivity index (χ3v) is 5.86. The number of esters is 1. The van der Waals surface area contributed by atoms with Crippen molar-refractivity contribution in [2.24, 2.45) is 7.05 Å². The van der Waals surface area contributed by atoms with E-state index in [0.29, 0.717) is 11.4 Å². The fourth-order valence-electron chi connectivity index (χ4n) is 2.13. The molecule has 8 heteroatoms. The third-order valence-electron chi connectivity index (χ3n) is 3.67. The van der Waals surface area contributed by atoms with Gasteiger partial charge in [-0.1, -0.05) is 0 Å². The van der Waals surface area contributed by atoms with Gasteiger partial charge in [0.25, 0.3) is 5.56 Å². The van der Waals surface area contributed by atoms with E-state index in [4.69, 9.17) is 0 Å². The lowest BCUT2D eigenvalue weighted by Gasteiger charge is -2.07. The first kappa shape index (κ1) is 20.0. The second-order valence-corrected chi connectivity index (χ2v) is 7.67. The zero-order valence-corrected chi connectivity index (χ0v) is 16.3. The highest BCUT2D eigenvalue weighted by atomic mass is 32.2. The van der Waals surface area contributed by atoms with Crippen LogP contribution < -0.4 is 5.56 Å². The van der Waals surface area contributed by atoms with Gasteiger partial charge in [0.15, 0.2) is 5.78 Å². The lowest BCUT2D eigenvalue weighted by Crippen LogP contribution is -2.25. The second kappa shape index (κ2) is 8.86. The van der Waals surface area contributed by atoms with E-state index < -0.39 is 11.3 Å². The van der Waals surface area contributed by atoms with Gasteiger partial charge in [-0.2, -0.15) is 0 Å². The summed E-state index contributed by atoms with van der Waals surface area (Å²) in [4.78, 5) is 37.5. The number of aryl methyl sites for hydroxylation is 1. The Bertz CT molecular complexity index is 911. The Kier molecular flexibility index (Phi) is 6.82. The zero-order chi connectivity index (χ0) is 19.3. The molecular formula is C18H19NO5S2. The quantitative estimate of drug-likeness (QED) is 0.442. The van der Waals surface area contributed by atoms with E-state index in [1.807, 2.05) is 12.1 Å². The van der Waals surface area contributed by atoms with Crippen LogP contribution in [0.2, 0.25) is 0 Å². The molecule has 0 aliphatic rings. The van der Waals surface area contributed by atoms with Gasteiger partial charge in [-0.05, 0) is 31.2 Å². The molecular weight excluding hydrogens is 374 g/mol. The summed E-state index contributed by atoms with van der Waals surface area (Å²) in [7, 11) is 2.91. The lowest BCUT2D eigenvalue weighted by molar-refractivity contribution is -0.137. The molecule has 0 aromatic carbocycles. The molecule has 2 rings (SSSR count). The van der Waals surface area contributed by atoms with E-state index >= 15 is 0 Å². The van der Waals surface area contributed by atoms with Crippen molar-refractivity contribution >= 4 is 40.9 Å². The van der Waals surface area contributed by atoms with Crippen molar-refractivity contribution in [1.82, 2.24) is 4.57 Å². The Morgan fingerprint density at radius 3 is 2.81 bits per heavy atom. The number of carbonyl (C=O) groups is 2. The Morgan fingerprint density at radius 2 is 2.12 bits per heavy atom. The smallest absolute Gasteiger partial charge is 0.315 e. The molecule has 6 nitrogen and oxygen atoms in total. The fourth-order valence-corrected chi connectivity index (χ4v) is 4.01. The number of thioether (sulfide) groups is 1. The molecule has 138 valence electrons. The molecule has 0 fully saturated rings. The average Bonchev–Trinajstić information content (AvgIpc) is 3.05. The van der Waals surface area contributed by atoms with Crippen LogP contribution >= 0.6 is 23.1 Å². The molecule has 1 N–H and O–H groups in total. The van der Waals surface area contributed by atoms with Gasteiger partial charge < -0.3 is 14.4 Å². The van der Waals surface area contributed by atoms with E-state index in [1.54, 1.807) is 20.0 Å². The molecule has 0 saturated heterocycles. The van der Waals surface area contributed by atoms with Crippen LogP contribution in [0, 0.1) is 6.92 Å². The molecule has 0 atom stereocenters. The second-order valence-electron chi connectivity index (χ2n) is 5.48. The lowest BCUT2D eigenvalue weighted by atomic mass is 10.1. The van der Waals surface area contributed by atoms with Crippen molar-refractivity contribution in [3.8, 4) is 5.75 Å². The number of allylic oxidation sites excluding steroid dienone is 1. The van der Waals surface area contributed by atoms with Crippen molar-refractivity contribution in [3.63, 3.8) is 0 Å². The molecule has 0 aliphatic heterocycles. The van der Waals surface area contributed by atoms with Gasteiger partial charge >= 0.3 is 5.97 Å². The summed E-state index contributed by atoms with van der Waals surface area (Å²) in [5.41, 5.74) is -0.191. The number of thiophene rings is 1. The number of rotatable bonds is 7. The minimum Gasteiger partial charge on any atom is -0.507 e. The number of hydrogen-bond acceptors (Lipinski definition) is 7. The molecule has 0 aliphatic carbocycles. The Morgan fingerprint density at radius 1 is 1.38 bits per heavy atom. The van der Waals surface area contributed by atoms with Gasteiger partial charge in [0.2, 0.25) is 0 Å². The SMILES string of the molecule is COC(=O)CSCc1ccc(C=CC(=O)c2c(O)cc(C)n(C)c2=O)s1. The van der Waals surface area contributed by atoms with Crippen LogP contribution in [0.15, 0.2) is 29.1 Å². The highest BCUT2D eigenvalue weighted by Gasteiger charge is 2.16. The molecule has 2 heterocycles. The monoisotopic (exact) mass is 393 g/mol. The topological polar surface area (TPSA) is 85.6 Å². The first-order valence-corrected chi connectivity index (χ1v) is 9.66. The van der Waals surface area contributed by atoms with Crippen LogP contribution in [0.3, 0.4) is 0 Å². The molecule has 0 bridgehead atoms. The van der Waals surface area contributed by atoms with E-state index in [9.17, 15) is 19.5 Å². The first-order chi connectivity index (χ1) is 12.3. The summed E-state index contributed by atoms with van der Waals surface area (Å²) in [5.74, 6) is -0.171. The number of ether oxygens (including phenoxy) is 1. The number of aromatic hydroxyl groups is 1. The van der Waals surface area contributed by atoms with Crippen LogP contribution in [-0.2, 0) is 22.3 Å². The van der Waals surface area contributed by atoms with Gasteiger partial charge in [0.1, 0.15) is 11.3 Å². The summed E-state index contributed by atoms with van der Waals surface area (Å²) < 4.78 is 5.90. The predicted octanol–water partition coefficient (Wildman–Crippen LogP) is 2.76. The standard InChI is InChI=1S/C18H19NO5S2/c1-11-8-15(21)17(18(23)19(11)2)14(20)7-6-12-4-5-13(26-12)9-25-10-16(22)24-3/h4-8,21H,9-10H2,1-3H3. The molecule has 0 saturated carbocycles. The summed E-state index contributed by atoms with van der Waals surface area (Å²) in [6, 6.07) is 5.17. The molecule has 2 aromatic heterocycles. The van der Waals surface area contributed by atoms with E-state index in [1.165, 1.54) is 46.9 Å². The average molecular weight is 393 g/mol. The van der Waals surface area contributed by atoms with Gasteiger partial charge in [-0.15, -0.1) is 23.1 Å². The summed E-state index contributed by atoms with van der Waals surface area (Å²) in [6.45, 7) is 1.68. The summed E-state index contributed by atoms with van der Waals surface area (Å²) in [5, 5.41) is 9.92. The van der Waals surface area contributed by atoms with Gasteiger partial charge in [0, 0.05) is 34.3 Å². The van der Waals surface area contributed by atoms with Crippen LogP contribution in [0.1, 0.15) is 25.8 Å². The van der Waals surface area contributed by atoms with E-state index in [-0.39, 0.29) is 23.0 Å². The minimum absolute atomic E-state index is 0.236. The van der Waals surface area contributed by atoms with Crippen LogP contribution in [0.25, 0.3) is 6.08 Å². The van der Waals surface area contributed by atoms with Gasteiger partial charge in [0.05, 0.1) is 12.9 Å². The molecule has 0 spiro atoms. The van der Waals surface area contributed by atoms with Crippen molar-refractivity contribution in [3.05, 3.63) is 55.6 Å². The molecule has 2 aromatic rings. The molecule has 0 radical (unpaired) electrons. The number of ketones is 1. The van der Waals surface area contributed by atoms with Gasteiger partial charge in [-0.3, -0.25) is 14.4 Å². The predicted molar refractivity (Wildman–Crippen MR) is 104 cm³/mol. The van der Waals surface area contributed by atoms with E-state index in [0.717, 1.165) is 9.75 Å². The van der Waals surface area contributed by atoms with Crippen molar-refractivity contribution in [1.29, 1.82) is 0 Å². The largest absolute Gasteiger partial charge is 0.507 e. The summed E-state index contributed by atoms with van der Waals surface area (Å²) >= 11 is 2.93. The molecule has 0 unspecified atom stereocenters. The number of pyridine rings is 1. The van der Waals surface area contributed by atoms with Crippen molar-refractivity contribution < 1.29 is 19.4 Å². The minimum atomic E-state index is -0.543. The molecule has 26 heavy (non-hydrogen) atoms. The van der Waals surface area contributed by atoms with Crippen LogP contribution in [0.4, 0.5) is 0 Å². The Hall–Kier alpha value is -2.32. The van der Waals surface area contributed by atoms with Crippen molar-refractivity contribution in [2.45, 2.75) is 12.7 Å². The number of nitrogens with zero attached hydrogens (tertiary/aromatic N) is 1. The van der Waals surface area contributed by atoms with Crippen LogP contribution in [0.5, 0.6) is 5.75 Å².